The first kappa shape index (κ1) is 13.9. The van der Waals surface area contributed by atoms with Crippen molar-refractivity contribution >= 4 is 0 Å². The van der Waals surface area contributed by atoms with Crippen molar-refractivity contribution in [2.24, 2.45) is 0 Å². The Morgan fingerprint density at radius 1 is 1.06 bits per heavy atom. The number of ether oxygens (including phenoxy) is 1. The summed E-state index contributed by atoms with van der Waals surface area (Å²) < 4.78 is 41.0. The Morgan fingerprint density at radius 3 is 2.06 bits per heavy atom. The number of rotatable bonds is 4. The summed E-state index contributed by atoms with van der Waals surface area (Å²) in [5, 5.41) is 0. The summed E-state index contributed by atoms with van der Waals surface area (Å²) >= 11 is 0. The smallest absolute Gasteiger partial charge is 0.405 e. The molecule has 0 heterocycles. The average molecular weight is 246 g/mol. The van der Waals surface area contributed by atoms with E-state index >= 15 is 0 Å². The van der Waals surface area contributed by atoms with Gasteiger partial charge in [0.25, 0.3) is 0 Å². The van der Waals surface area contributed by atoms with Gasteiger partial charge in [-0.2, -0.15) is 0 Å². The van der Waals surface area contributed by atoms with E-state index in [-0.39, 0.29) is 11.2 Å². The molecule has 0 fully saturated rings. The molecular weight excluding hydrogens is 229 g/mol. The molecule has 0 aliphatic rings. The Balaban J connectivity index is 3.16. The first-order valence-corrected chi connectivity index (χ1v) is 5.67. The molecule has 0 amide bonds. The fourth-order valence-electron chi connectivity index (χ4n) is 1.81. The molecule has 1 nitrogen and oxygen atoms in total. The zero-order chi connectivity index (χ0) is 13.1. The molecule has 1 aromatic rings. The monoisotopic (exact) mass is 246 g/mol. The van der Waals surface area contributed by atoms with Crippen LogP contribution in [0.2, 0.25) is 0 Å². The molecule has 1 rings (SSSR count). The Kier molecular flexibility index (Phi) is 4.07. The first-order chi connectivity index (χ1) is 7.82. The van der Waals surface area contributed by atoms with E-state index in [0.29, 0.717) is 5.56 Å². The van der Waals surface area contributed by atoms with Crippen molar-refractivity contribution in [3.8, 4) is 5.75 Å². The minimum Gasteiger partial charge on any atom is -0.405 e. The molecule has 0 radical (unpaired) electrons. The molecule has 0 bridgehead atoms. The molecule has 0 aromatic heterocycles. The maximum absolute atomic E-state index is 12.3. The lowest BCUT2D eigenvalue weighted by molar-refractivity contribution is -0.275. The molecule has 17 heavy (non-hydrogen) atoms. The number of hydrogen-bond acceptors (Lipinski definition) is 1. The quantitative estimate of drug-likeness (QED) is 0.750. The second-order valence-electron chi connectivity index (χ2n) is 4.31. The van der Waals surface area contributed by atoms with Gasteiger partial charge in [0, 0.05) is 5.56 Å². The third kappa shape index (κ3) is 3.38. The van der Waals surface area contributed by atoms with Crippen molar-refractivity contribution in [2.75, 3.05) is 0 Å². The molecular formula is C13H17F3O. The summed E-state index contributed by atoms with van der Waals surface area (Å²) in [7, 11) is 0. The molecule has 0 N–H and O–H groups in total. The van der Waals surface area contributed by atoms with E-state index in [4.69, 9.17) is 0 Å². The van der Waals surface area contributed by atoms with Crippen LogP contribution in [0.15, 0.2) is 24.3 Å². The highest BCUT2D eigenvalue weighted by atomic mass is 19.4. The summed E-state index contributed by atoms with van der Waals surface area (Å²) in [5.41, 5.74) is 0.323. The third-order valence-electron chi connectivity index (χ3n) is 3.32. The van der Waals surface area contributed by atoms with Gasteiger partial charge in [0.1, 0.15) is 5.75 Å². The van der Waals surface area contributed by atoms with E-state index in [2.05, 4.69) is 4.74 Å². The highest BCUT2D eigenvalue weighted by Crippen LogP contribution is 2.38. The van der Waals surface area contributed by atoms with Crippen LogP contribution < -0.4 is 4.74 Å². The summed E-state index contributed by atoms with van der Waals surface area (Å²) in [6.07, 6.45) is -3.11. The topological polar surface area (TPSA) is 9.23 Å². The van der Waals surface area contributed by atoms with Gasteiger partial charge in [-0.3, -0.25) is 0 Å². The van der Waals surface area contributed by atoms with Gasteiger partial charge in [-0.05, 0) is 24.3 Å². The Labute approximate surface area is 99.6 Å². The highest BCUT2D eigenvalue weighted by molar-refractivity contribution is 5.39. The Bertz CT molecular complexity index is 367. The van der Waals surface area contributed by atoms with Gasteiger partial charge < -0.3 is 4.74 Å². The Hall–Kier alpha value is -1.19. The lowest BCUT2D eigenvalue weighted by Crippen LogP contribution is -2.24. The van der Waals surface area contributed by atoms with Crippen LogP contribution in [-0.4, -0.2) is 6.36 Å². The van der Waals surface area contributed by atoms with Crippen molar-refractivity contribution in [3.05, 3.63) is 29.8 Å². The lowest BCUT2D eigenvalue weighted by atomic mass is 9.77. The molecule has 0 unspecified atom stereocenters. The van der Waals surface area contributed by atoms with E-state index in [9.17, 15) is 13.2 Å². The van der Waals surface area contributed by atoms with Gasteiger partial charge in [0.15, 0.2) is 0 Å². The van der Waals surface area contributed by atoms with Crippen LogP contribution >= 0.6 is 0 Å². The van der Waals surface area contributed by atoms with Gasteiger partial charge in [-0.25, -0.2) is 0 Å². The maximum atomic E-state index is 12.3. The van der Waals surface area contributed by atoms with Crippen molar-refractivity contribution < 1.29 is 17.9 Å². The fourth-order valence-corrected chi connectivity index (χ4v) is 1.81. The third-order valence-corrected chi connectivity index (χ3v) is 3.32. The molecule has 4 heteroatoms. The summed E-state index contributed by atoms with van der Waals surface area (Å²) in [4.78, 5) is 0. The van der Waals surface area contributed by atoms with Crippen LogP contribution in [0.25, 0.3) is 0 Å². The zero-order valence-electron chi connectivity index (χ0n) is 10.3. The molecule has 0 saturated carbocycles. The SMILES string of the molecule is CCC(C)(CC)c1ccccc1OC(F)(F)F. The van der Waals surface area contributed by atoms with Gasteiger partial charge in [-0.15, -0.1) is 13.2 Å². The number of para-hydroxylation sites is 1. The summed E-state index contributed by atoms with van der Waals surface area (Å²) in [6, 6.07) is 6.36. The average Bonchev–Trinajstić information content (AvgIpc) is 2.27. The molecule has 0 atom stereocenters. The second-order valence-corrected chi connectivity index (χ2v) is 4.31. The maximum Gasteiger partial charge on any atom is 0.573 e. The largest absolute Gasteiger partial charge is 0.573 e. The van der Waals surface area contributed by atoms with E-state index < -0.39 is 6.36 Å². The summed E-state index contributed by atoms with van der Waals surface area (Å²) in [6.45, 7) is 5.88. The van der Waals surface area contributed by atoms with Crippen LogP contribution in [0.4, 0.5) is 13.2 Å². The minimum absolute atomic E-state index is 0.0915. The standard InChI is InChI=1S/C13H17F3O/c1-4-12(3,5-2)10-8-6-7-9-11(10)17-13(14,15)16/h6-9H,4-5H2,1-3H3. The van der Waals surface area contributed by atoms with Crippen LogP contribution in [0.5, 0.6) is 5.75 Å². The zero-order valence-corrected chi connectivity index (χ0v) is 10.3. The number of alkyl halides is 3. The van der Waals surface area contributed by atoms with E-state index in [1.807, 2.05) is 20.8 Å². The lowest BCUT2D eigenvalue weighted by Gasteiger charge is -2.29. The normalized spacial score (nSPS) is 12.6. The van der Waals surface area contributed by atoms with Crippen LogP contribution in [0.3, 0.4) is 0 Å². The molecule has 0 aliphatic carbocycles. The minimum atomic E-state index is -4.64. The molecule has 0 aliphatic heterocycles. The van der Waals surface area contributed by atoms with Gasteiger partial charge in [0.05, 0.1) is 0 Å². The van der Waals surface area contributed by atoms with Crippen molar-refractivity contribution in [1.29, 1.82) is 0 Å². The van der Waals surface area contributed by atoms with Crippen molar-refractivity contribution in [2.45, 2.75) is 45.4 Å². The second kappa shape index (κ2) is 4.98. The van der Waals surface area contributed by atoms with Crippen LogP contribution in [0, 0.1) is 0 Å². The molecule has 0 saturated heterocycles. The van der Waals surface area contributed by atoms with Gasteiger partial charge in [-0.1, -0.05) is 39.0 Å². The Morgan fingerprint density at radius 2 is 1.59 bits per heavy atom. The van der Waals surface area contributed by atoms with E-state index in [0.717, 1.165) is 12.8 Å². The fraction of sp³-hybridized carbons (Fsp3) is 0.538. The molecule has 1 aromatic carbocycles. The predicted molar refractivity (Wildman–Crippen MR) is 61.1 cm³/mol. The van der Waals surface area contributed by atoms with Crippen molar-refractivity contribution in [1.82, 2.24) is 0 Å². The number of halogens is 3. The van der Waals surface area contributed by atoms with E-state index in [1.54, 1.807) is 18.2 Å². The molecule has 0 spiro atoms. The van der Waals surface area contributed by atoms with E-state index in [1.165, 1.54) is 6.07 Å². The van der Waals surface area contributed by atoms with Gasteiger partial charge in [0.2, 0.25) is 0 Å². The highest BCUT2D eigenvalue weighted by Gasteiger charge is 2.34. The van der Waals surface area contributed by atoms with Crippen LogP contribution in [-0.2, 0) is 5.41 Å². The van der Waals surface area contributed by atoms with Crippen molar-refractivity contribution in [3.63, 3.8) is 0 Å². The first-order valence-electron chi connectivity index (χ1n) is 5.67. The van der Waals surface area contributed by atoms with Gasteiger partial charge >= 0.3 is 6.36 Å². The van der Waals surface area contributed by atoms with Crippen LogP contribution in [0.1, 0.15) is 39.2 Å². The number of benzene rings is 1. The summed E-state index contributed by atoms with van der Waals surface area (Å²) in [5.74, 6) is -0.0915. The molecule has 96 valence electrons. The number of hydrogen-bond donors (Lipinski definition) is 0. The predicted octanol–water partition coefficient (Wildman–Crippen LogP) is 4.66.